The van der Waals surface area contributed by atoms with Gasteiger partial charge >= 0.3 is 0 Å². The van der Waals surface area contributed by atoms with Gasteiger partial charge in [0.1, 0.15) is 5.82 Å². The first-order chi connectivity index (χ1) is 12.0. The predicted molar refractivity (Wildman–Crippen MR) is 101 cm³/mol. The van der Waals surface area contributed by atoms with Crippen LogP contribution in [0.4, 0.5) is 11.9 Å². The third-order valence-corrected chi connectivity index (χ3v) is 4.82. The Morgan fingerprint density at radius 2 is 1.96 bits per heavy atom. The Bertz CT molecular complexity index is 888. The number of rotatable bonds is 5. The molecule has 0 spiro atoms. The standard InChI is InChI=1S/C17H21N7S/c1-11-6-5-7-13(12(11)2)24-9-8-19-17(24)25-10-14-20-15(18)22-16(21-14)23(3)4/h5-9H,10H2,1-4H3,(H2,18,20,21,22). The van der Waals surface area contributed by atoms with E-state index in [9.17, 15) is 0 Å². The lowest BCUT2D eigenvalue weighted by Crippen LogP contribution is -2.16. The minimum Gasteiger partial charge on any atom is -0.368 e. The number of aryl methyl sites for hydroxylation is 1. The fourth-order valence-corrected chi connectivity index (χ4v) is 3.22. The van der Waals surface area contributed by atoms with Crippen LogP contribution in [-0.2, 0) is 5.75 Å². The van der Waals surface area contributed by atoms with Crippen molar-refractivity contribution in [1.82, 2.24) is 24.5 Å². The van der Waals surface area contributed by atoms with Gasteiger partial charge in [0.05, 0.1) is 11.4 Å². The van der Waals surface area contributed by atoms with Gasteiger partial charge in [0.2, 0.25) is 11.9 Å². The molecule has 0 aliphatic heterocycles. The van der Waals surface area contributed by atoms with E-state index in [1.165, 1.54) is 11.1 Å². The molecular weight excluding hydrogens is 334 g/mol. The van der Waals surface area contributed by atoms with Crippen molar-refractivity contribution in [3.63, 3.8) is 0 Å². The van der Waals surface area contributed by atoms with Crippen molar-refractivity contribution in [2.45, 2.75) is 24.8 Å². The SMILES string of the molecule is Cc1cccc(-n2ccnc2SCc2nc(N)nc(N(C)C)n2)c1C. The van der Waals surface area contributed by atoms with Gasteiger partial charge in [0, 0.05) is 26.5 Å². The van der Waals surface area contributed by atoms with Crippen LogP contribution in [0, 0.1) is 13.8 Å². The Morgan fingerprint density at radius 3 is 2.72 bits per heavy atom. The molecule has 0 aliphatic carbocycles. The van der Waals surface area contributed by atoms with E-state index in [0.717, 1.165) is 10.8 Å². The van der Waals surface area contributed by atoms with Gasteiger partial charge in [-0.05, 0) is 31.0 Å². The number of benzene rings is 1. The summed E-state index contributed by atoms with van der Waals surface area (Å²) in [5, 5.41) is 0.888. The molecule has 3 rings (SSSR count). The summed E-state index contributed by atoms with van der Waals surface area (Å²) in [5.74, 6) is 1.99. The van der Waals surface area contributed by atoms with Crippen LogP contribution in [0.3, 0.4) is 0 Å². The number of nitrogens with two attached hydrogens (primary N) is 1. The fraction of sp³-hybridized carbons (Fsp3) is 0.294. The molecule has 2 heterocycles. The molecular formula is C17H21N7S. The Hall–Kier alpha value is -2.61. The zero-order valence-corrected chi connectivity index (χ0v) is 15.6. The fourth-order valence-electron chi connectivity index (χ4n) is 2.40. The predicted octanol–water partition coefficient (Wildman–Crippen LogP) is 2.61. The minimum absolute atomic E-state index is 0.229. The van der Waals surface area contributed by atoms with Crippen LogP contribution in [0.25, 0.3) is 5.69 Å². The summed E-state index contributed by atoms with van der Waals surface area (Å²) in [6.07, 6.45) is 3.77. The van der Waals surface area contributed by atoms with Crippen molar-refractivity contribution < 1.29 is 0 Å². The number of nitrogens with zero attached hydrogens (tertiary/aromatic N) is 6. The van der Waals surface area contributed by atoms with Crippen LogP contribution in [-0.4, -0.2) is 38.6 Å². The first-order valence-electron chi connectivity index (χ1n) is 7.86. The molecule has 0 amide bonds. The number of hydrogen-bond acceptors (Lipinski definition) is 7. The first-order valence-corrected chi connectivity index (χ1v) is 8.84. The minimum atomic E-state index is 0.229. The second-order valence-electron chi connectivity index (χ2n) is 5.89. The number of imidazole rings is 1. The smallest absolute Gasteiger partial charge is 0.229 e. The highest BCUT2D eigenvalue weighted by Crippen LogP contribution is 2.26. The van der Waals surface area contributed by atoms with Crippen LogP contribution in [0.5, 0.6) is 0 Å². The van der Waals surface area contributed by atoms with Gasteiger partial charge in [-0.2, -0.15) is 15.0 Å². The number of anilines is 2. The second kappa shape index (κ2) is 7.10. The summed E-state index contributed by atoms with van der Waals surface area (Å²) in [6.45, 7) is 4.23. The summed E-state index contributed by atoms with van der Waals surface area (Å²) in [6, 6.07) is 6.26. The third-order valence-electron chi connectivity index (χ3n) is 3.86. The van der Waals surface area contributed by atoms with Crippen molar-refractivity contribution in [3.05, 3.63) is 47.5 Å². The number of thioether (sulfide) groups is 1. The summed E-state index contributed by atoms with van der Waals surface area (Å²) in [7, 11) is 3.75. The summed E-state index contributed by atoms with van der Waals surface area (Å²) < 4.78 is 2.09. The van der Waals surface area contributed by atoms with Gasteiger partial charge in [-0.3, -0.25) is 4.57 Å². The van der Waals surface area contributed by atoms with E-state index in [1.807, 2.05) is 25.2 Å². The molecule has 130 valence electrons. The molecule has 0 unspecified atom stereocenters. The van der Waals surface area contributed by atoms with Crippen molar-refractivity contribution in [2.24, 2.45) is 0 Å². The monoisotopic (exact) mass is 355 g/mol. The van der Waals surface area contributed by atoms with E-state index in [-0.39, 0.29) is 5.95 Å². The molecule has 1 aromatic carbocycles. The summed E-state index contributed by atoms with van der Waals surface area (Å²) in [5.41, 5.74) is 9.40. The average molecular weight is 355 g/mol. The molecule has 0 radical (unpaired) electrons. The first kappa shape index (κ1) is 17.2. The summed E-state index contributed by atoms with van der Waals surface area (Å²) in [4.78, 5) is 19.0. The van der Waals surface area contributed by atoms with Crippen molar-refractivity contribution >= 4 is 23.7 Å². The maximum Gasteiger partial charge on any atom is 0.229 e. The van der Waals surface area contributed by atoms with E-state index < -0.39 is 0 Å². The lowest BCUT2D eigenvalue weighted by atomic mass is 10.1. The van der Waals surface area contributed by atoms with E-state index in [0.29, 0.717) is 17.5 Å². The third kappa shape index (κ3) is 3.74. The van der Waals surface area contributed by atoms with Crippen molar-refractivity contribution in [3.8, 4) is 5.69 Å². The molecule has 2 N–H and O–H groups in total. The molecule has 0 aliphatic rings. The molecule has 0 saturated carbocycles. The van der Waals surface area contributed by atoms with Crippen LogP contribution in [0.15, 0.2) is 35.7 Å². The summed E-state index contributed by atoms with van der Waals surface area (Å²) >= 11 is 1.57. The van der Waals surface area contributed by atoms with Crippen LogP contribution < -0.4 is 10.6 Å². The van der Waals surface area contributed by atoms with Crippen molar-refractivity contribution in [1.29, 1.82) is 0 Å². The van der Waals surface area contributed by atoms with E-state index >= 15 is 0 Å². The van der Waals surface area contributed by atoms with Gasteiger partial charge < -0.3 is 10.6 Å². The van der Waals surface area contributed by atoms with Crippen molar-refractivity contribution in [2.75, 3.05) is 24.7 Å². The zero-order chi connectivity index (χ0) is 18.0. The molecule has 0 bridgehead atoms. The number of hydrogen-bond donors (Lipinski definition) is 1. The number of nitrogen functional groups attached to an aromatic ring is 1. The molecule has 0 saturated heterocycles. The Balaban J connectivity index is 1.84. The molecule has 7 nitrogen and oxygen atoms in total. The topological polar surface area (TPSA) is 85.8 Å². The van der Waals surface area contributed by atoms with E-state index in [4.69, 9.17) is 5.73 Å². The maximum absolute atomic E-state index is 5.78. The second-order valence-corrected chi connectivity index (χ2v) is 6.83. The molecule has 3 aromatic rings. The van der Waals surface area contributed by atoms with Crippen LogP contribution in [0.2, 0.25) is 0 Å². The Labute approximate surface area is 151 Å². The lowest BCUT2D eigenvalue weighted by molar-refractivity contribution is 0.879. The molecule has 8 heteroatoms. The molecule has 25 heavy (non-hydrogen) atoms. The maximum atomic E-state index is 5.78. The van der Waals surface area contributed by atoms with Gasteiger partial charge in [0.25, 0.3) is 0 Å². The average Bonchev–Trinajstić information content (AvgIpc) is 3.03. The Morgan fingerprint density at radius 1 is 1.16 bits per heavy atom. The molecule has 2 aromatic heterocycles. The largest absolute Gasteiger partial charge is 0.368 e. The van der Waals surface area contributed by atoms with Gasteiger partial charge in [0.15, 0.2) is 5.16 Å². The molecule has 0 fully saturated rings. The van der Waals surface area contributed by atoms with Gasteiger partial charge in [-0.1, -0.05) is 23.9 Å². The zero-order valence-electron chi connectivity index (χ0n) is 14.8. The highest BCUT2D eigenvalue weighted by atomic mass is 32.2. The highest BCUT2D eigenvalue weighted by Gasteiger charge is 2.12. The highest BCUT2D eigenvalue weighted by molar-refractivity contribution is 7.98. The van der Waals surface area contributed by atoms with Gasteiger partial charge in [-0.25, -0.2) is 4.98 Å². The van der Waals surface area contributed by atoms with Crippen LogP contribution >= 0.6 is 11.8 Å². The quantitative estimate of drug-likeness (QED) is 0.704. The molecule has 0 atom stereocenters. The normalized spacial score (nSPS) is 10.9. The van der Waals surface area contributed by atoms with E-state index in [2.05, 4.69) is 56.5 Å². The Kier molecular flexibility index (Phi) is 4.89. The number of aromatic nitrogens is 5. The van der Waals surface area contributed by atoms with Crippen LogP contribution in [0.1, 0.15) is 17.0 Å². The lowest BCUT2D eigenvalue weighted by Gasteiger charge is -2.13. The van der Waals surface area contributed by atoms with E-state index in [1.54, 1.807) is 18.0 Å². The van der Waals surface area contributed by atoms with Gasteiger partial charge in [-0.15, -0.1) is 0 Å².